The number of hydrogen-bond acceptors (Lipinski definition) is 5. The van der Waals surface area contributed by atoms with Crippen molar-refractivity contribution in [1.82, 2.24) is 5.32 Å². The average Bonchev–Trinajstić information content (AvgIpc) is 3.30. The van der Waals surface area contributed by atoms with Gasteiger partial charge in [0.15, 0.2) is 0 Å². The van der Waals surface area contributed by atoms with Crippen LogP contribution in [0.4, 0.5) is 0 Å². The topological polar surface area (TPSA) is 95.9 Å². The van der Waals surface area contributed by atoms with Gasteiger partial charge in [0, 0.05) is 6.42 Å². The summed E-state index contributed by atoms with van der Waals surface area (Å²) >= 11 is 0. The first-order valence-electron chi connectivity index (χ1n) is 29.8. The zero-order valence-electron chi connectivity index (χ0n) is 44.4. The van der Waals surface area contributed by atoms with E-state index < -0.39 is 18.2 Å². The molecule has 3 N–H and O–H groups in total. The summed E-state index contributed by atoms with van der Waals surface area (Å²) in [5, 5.41) is 23.9. The number of ether oxygens (including phenoxy) is 1. The van der Waals surface area contributed by atoms with Crippen molar-refractivity contribution in [2.45, 2.75) is 360 Å². The van der Waals surface area contributed by atoms with Crippen LogP contribution in [0.25, 0.3) is 0 Å². The van der Waals surface area contributed by atoms with Gasteiger partial charge in [0.05, 0.1) is 25.2 Å². The van der Waals surface area contributed by atoms with Gasteiger partial charge in [0.1, 0.15) is 6.10 Å². The van der Waals surface area contributed by atoms with Crippen molar-refractivity contribution in [3.63, 3.8) is 0 Å². The highest BCUT2D eigenvalue weighted by molar-refractivity contribution is 5.77. The fourth-order valence-corrected chi connectivity index (χ4v) is 9.67. The number of carbonyl (C=O) groups is 2. The molecule has 6 heteroatoms. The van der Waals surface area contributed by atoms with Crippen molar-refractivity contribution in [3.8, 4) is 0 Å². The van der Waals surface area contributed by atoms with Crippen LogP contribution in [0.15, 0.2) is 0 Å². The molecule has 6 nitrogen and oxygen atoms in total. The average molecular weight is 921 g/mol. The lowest BCUT2D eigenvalue weighted by Crippen LogP contribution is -2.46. The Hall–Kier alpha value is -1.14. The van der Waals surface area contributed by atoms with Crippen LogP contribution >= 0.6 is 0 Å². The Kier molecular flexibility index (Phi) is 52.9. The minimum Gasteiger partial charge on any atom is -0.462 e. The van der Waals surface area contributed by atoms with Crippen LogP contribution in [-0.4, -0.2) is 46.9 Å². The van der Waals surface area contributed by atoms with Gasteiger partial charge in [-0.15, -0.1) is 0 Å². The number of nitrogens with one attached hydrogen (secondary N) is 1. The van der Waals surface area contributed by atoms with E-state index >= 15 is 0 Å². The van der Waals surface area contributed by atoms with Crippen LogP contribution in [-0.2, 0) is 14.3 Å². The Bertz CT molecular complexity index is 944. The van der Waals surface area contributed by atoms with E-state index in [4.69, 9.17) is 4.74 Å². The molecule has 0 bridgehead atoms. The Morgan fingerprint density at radius 1 is 0.385 bits per heavy atom. The molecule has 1 amide bonds. The predicted octanol–water partition coefficient (Wildman–Crippen LogP) is 18.3. The molecular formula is C59H117NO5. The van der Waals surface area contributed by atoms with E-state index in [1.165, 1.54) is 257 Å². The monoisotopic (exact) mass is 920 g/mol. The zero-order valence-corrected chi connectivity index (χ0v) is 44.4. The number of rotatable bonds is 55. The molecule has 0 spiro atoms. The van der Waals surface area contributed by atoms with Crippen molar-refractivity contribution in [2.24, 2.45) is 0 Å². The maximum absolute atomic E-state index is 13.3. The van der Waals surface area contributed by atoms with Crippen LogP contribution in [0.5, 0.6) is 0 Å². The molecule has 0 aromatic carbocycles. The third-order valence-corrected chi connectivity index (χ3v) is 14.2. The van der Waals surface area contributed by atoms with E-state index in [0.717, 1.165) is 38.5 Å². The van der Waals surface area contributed by atoms with Gasteiger partial charge in [-0.3, -0.25) is 9.59 Å². The minimum atomic E-state index is -0.780. The fourth-order valence-electron chi connectivity index (χ4n) is 9.67. The number of aliphatic hydroxyl groups is 2. The highest BCUT2D eigenvalue weighted by atomic mass is 16.5. The molecule has 0 radical (unpaired) electrons. The Balaban J connectivity index is 4.46. The summed E-state index contributed by atoms with van der Waals surface area (Å²) in [4.78, 5) is 26.3. The molecule has 0 aliphatic heterocycles. The second-order valence-electron chi connectivity index (χ2n) is 20.8. The minimum absolute atomic E-state index is 0.0887. The molecule has 0 aromatic rings. The van der Waals surface area contributed by atoms with Crippen molar-refractivity contribution in [2.75, 3.05) is 6.61 Å². The maximum Gasteiger partial charge on any atom is 0.306 e. The van der Waals surface area contributed by atoms with Gasteiger partial charge >= 0.3 is 5.97 Å². The number of unbranched alkanes of at least 4 members (excludes halogenated alkanes) is 43. The summed E-state index contributed by atoms with van der Waals surface area (Å²) < 4.78 is 5.97. The Morgan fingerprint density at radius 3 is 0.938 bits per heavy atom. The summed E-state index contributed by atoms with van der Waals surface area (Å²) in [5.41, 5.74) is 0. The van der Waals surface area contributed by atoms with Crippen LogP contribution in [0.2, 0.25) is 0 Å². The van der Waals surface area contributed by atoms with Gasteiger partial charge in [0.2, 0.25) is 5.91 Å². The van der Waals surface area contributed by atoms with Gasteiger partial charge < -0.3 is 20.3 Å². The zero-order chi connectivity index (χ0) is 47.4. The first kappa shape index (κ1) is 63.9. The molecule has 0 aliphatic carbocycles. The molecule has 3 atom stereocenters. The van der Waals surface area contributed by atoms with E-state index in [-0.39, 0.29) is 24.9 Å². The van der Waals surface area contributed by atoms with E-state index in [9.17, 15) is 19.8 Å². The second kappa shape index (κ2) is 53.8. The van der Waals surface area contributed by atoms with Gasteiger partial charge in [-0.1, -0.05) is 303 Å². The van der Waals surface area contributed by atoms with Crippen LogP contribution in [0.1, 0.15) is 342 Å². The van der Waals surface area contributed by atoms with Crippen LogP contribution in [0, 0.1) is 0 Å². The molecule has 0 heterocycles. The largest absolute Gasteiger partial charge is 0.462 e. The first-order valence-corrected chi connectivity index (χ1v) is 29.8. The summed E-state index contributed by atoms with van der Waals surface area (Å²) in [6.45, 7) is 6.54. The number of esters is 1. The molecule has 388 valence electrons. The molecule has 65 heavy (non-hydrogen) atoms. The van der Waals surface area contributed by atoms with E-state index in [0.29, 0.717) is 19.3 Å². The van der Waals surface area contributed by atoms with Gasteiger partial charge in [-0.05, 0) is 25.7 Å². The smallest absolute Gasteiger partial charge is 0.306 e. The number of carbonyl (C=O) groups excluding carboxylic acids is 2. The van der Waals surface area contributed by atoms with E-state index in [2.05, 4.69) is 26.1 Å². The van der Waals surface area contributed by atoms with Gasteiger partial charge in [0.25, 0.3) is 0 Å². The SMILES string of the molecule is CCCCCCCCCCCCCCCCCCC(=O)OC(CCCCCCCCCCCCCCCC)CC(=O)NC(CO)C(O)CCCCCCCCCCCCCCCCCC. The molecule has 0 aliphatic rings. The lowest BCUT2D eigenvalue weighted by atomic mass is 10.0. The first-order chi connectivity index (χ1) is 32.0. The highest BCUT2D eigenvalue weighted by Gasteiger charge is 2.24. The summed E-state index contributed by atoms with van der Waals surface area (Å²) in [6.07, 6.45) is 60.3. The second-order valence-corrected chi connectivity index (χ2v) is 20.8. The van der Waals surface area contributed by atoms with Crippen molar-refractivity contribution in [3.05, 3.63) is 0 Å². The summed E-state index contributed by atoms with van der Waals surface area (Å²) in [6, 6.07) is -0.693. The highest BCUT2D eigenvalue weighted by Crippen LogP contribution is 2.19. The number of aliphatic hydroxyl groups excluding tert-OH is 2. The van der Waals surface area contributed by atoms with Gasteiger partial charge in [-0.2, -0.15) is 0 Å². The predicted molar refractivity (Wildman–Crippen MR) is 283 cm³/mol. The number of amides is 1. The lowest BCUT2D eigenvalue weighted by molar-refractivity contribution is -0.151. The quantitative estimate of drug-likeness (QED) is 0.0417. The molecule has 0 aromatic heterocycles. The summed E-state index contributed by atoms with van der Waals surface area (Å²) in [5.74, 6) is -0.443. The Morgan fingerprint density at radius 2 is 0.646 bits per heavy atom. The third kappa shape index (κ3) is 49.1. The number of hydrogen-bond donors (Lipinski definition) is 3. The van der Waals surface area contributed by atoms with E-state index in [1.807, 2.05) is 0 Å². The molecule has 3 unspecified atom stereocenters. The molecule has 0 saturated carbocycles. The summed E-state index contributed by atoms with van der Waals surface area (Å²) in [7, 11) is 0. The van der Waals surface area contributed by atoms with Crippen molar-refractivity contribution in [1.29, 1.82) is 0 Å². The van der Waals surface area contributed by atoms with Crippen molar-refractivity contribution >= 4 is 11.9 Å². The normalized spacial score (nSPS) is 13.0. The molecule has 0 rings (SSSR count). The maximum atomic E-state index is 13.3. The third-order valence-electron chi connectivity index (χ3n) is 14.2. The Labute approximate surface area is 406 Å². The van der Waals surface area contributed by atoms with E-state index in [1.54, 1.807) is 0 Å². The van der Waals surface area contributed by atoms with Crippen LogP contribution < -0.4 is 5.32 Å². The molecule has 0 saturated heterocycles. The fraction of sp³-hybridized carbons (Fsp3) is 0.966. The standard InChI is InChI=1S/C59H117NO5/c1-4-7-10-13-16-19-22-25-28-30-33-36-39-42-45-48-51-57(62)56(54-61)60-58(63)53-55(50-47-44-41-38-35-32-27-24-21-18-15-12-9-6-3)65-59(64)52-49-46-43-40-37-34-31-29-26-23-20-17-14-11-8-5-2/h55-57,61-62H,4-54H2,1-3H3,(H,60,63). The molecular weight excluding hydrogens is 803 g/mol. The lowest BCUT2D eigenvalue weighted by Gasteiger charge is -2.24. The van der Waals surface area contributed by atoms with Crippen LogP contribution in [0.3, 0.4) is 0 Å². The van der Waals surface area contributed by atoms with Crippen molar-refractivity contribution < 1.29 is 24.5 Å². The molecule has 0 fully saturated rings. The van der Waals surface area contributed by atoms with Gasteiger partial charge in [-0.25, -0.2) is 0 Å².